The molecular formula is C14H14FN3O2. The highest BCUT2D eigenvalue weighted by molar-refractivity contribution is 5.50. The Balaban J connectivity index is 1.94. The first-order valence-corrected chi connectivity index (χ1v) is 6.08. The van der Waals surface area contributed by atoms with Crippen LogP contribution in [-0.2, 0) is 6.42 Å². The number of halogens is 1. The van der Waals surface area contributed by atoms with Gasteiger partial charge >= 0.3 is 0 Å². The van der Waals surface area contributed by atoms with Crippen molar-refractivity contribution in [1.29, 1.82) is 0 Å². The maximum Gasteiger partial charge on any atom is 0.272 e. The number of rotatable bonds is 5. The second-order valence-corrected chi connectivity index (χ2v) is 4.34. The molecule has 0 heterocycles. The maximum atomic E-state index is 13.6. The van der Waals surface area contributed by atoms with Crippen LogP contribution in [0, 0.1) is 15.9 Å². The van der Waals surface area contributed by atoms with Gasteiger partial charge in [-0.3, -0.25) is 10.1 Å². The molecule has 2 rings (SSSR count). The second kappa shape index (κ2) is 6.01. The van der Waals surface area contributed by atoms with Gasteiger partial charge in [0.15, 0.2) is 5.82 Å². The van der Waals surface area contributed by atoms with Crippen LogP contribution in [0.3, 0.4) is 0 Å². The van der Waals surface area contributed by atoms with Crippen molar-refractivity contribution >= 4 is 17.1 Å². The van der Waals surface area contributed by atoms with Crippen molar-refractivity contribution < 1.29 is 9.31 Å². The Morgan fingerprint density at radius 3 is 2.50 bits per heavy atom. The summed E-state index contributed by atoms with van der Waals surface area (Å²) in [6.07, 6.45) is 0.705. The molecule has 0 saturated heterocycles. The zero-order valence-corrected chi connectivity index (χ0v) is 10.7. The van der Waals surface area contributed by atoms with Gasteiger partial charge in [-0.15, -0.1) is 0 Å². The molecule has 3 N–H and O–H groups in total. The van der Waals surface area contributed by atoms with Crippen LogP contribution in [0.25, 0.3) is 0 Å². The molecule has 0 aliphatic carbocycles. The Morgan fingerprint density at radius 2 is 1.90 bits per heavy atom. The molecule has 0 saturated carbocycles. The number of non-ortho nitro benzene ring substituents is 1. The van der Waals surface area contributed by atoms with Gasteiger partial charge in [-0.2, -0.15) is 0 Å². The average molecular weight is 275 g/mol. The Bertz CT molecular complexity index is 614. The first-order chi connectivity index (χ1) is 9.56. The van der Waals surface area contributed by atoms with Crippen molar-refractivity contribution in [3.63, 3.8) is 0 Å². The maximum absolute atomic E-state index is 13.6. The van der Waals surface area contributed by atoms with Crippen LogP contribution in [0.2, 0.25) is 0 Å². The number of nitrogens with one attached hydrogen (secondary N) is 1. The van der Waals surface area contributed by atoms with Crippen LogP contribution in [0.5, 0.6) is 0 Å². The lowest BCUT2D eigenvalue weighted by Gasteiger charge is -2.07. The van der Waals surface area contributed by atoms with E-state index in [2.05, 4.69) is 5.32 Å². The van der Waals surface area contributed by atoms with E-state index in [9.17, 15) is 14.5 Å². The number of nitro groups is 1. The monoisotopic (exact) mass is 275 g/mol. The Kier molecular flexibility index (Phi) is 4.14. The zero-order valence-electron chi connectivity index (χ0n) is 10.7. The Hall–Kier alpha value is -2.63. The summed E-state index contributed by atoms with van der Waals surface area (Å²) in [4.78, 5) is 9.88. The van der Waals surface area contributed by atoms with Crippen molar-refractivity contribution in [2.45, 2.75) is 6.42 Å². The predicted octanol–water partition coefficient (Wildman–Crippen LogP) is 2.97. The minimum absolute atomic E-state index is 0.256. The molecule has 0 bridgehead atoms. The third-order valence-electron chi connectivity index (χ3n) is 2.87. The van der Waals surface area contributed by atoms with Gasteiger partial charge in [-0.1, -0.05) is 12.1 Å². The molecule has 0 unspecified atom stereocenters. The Morgan fingerprint density at radius 1 is 1.20 bits per heavy atom. The minimum Gasteiger partial charge on any atom is -0.399 e. The van der Waals surface area contributed by atoms with Gasteiger partial charge < -0.3 is 11.1 Å². The number of nitrogens with zero attached hydrogens (tertiary/aromatic N) is 1. The van der Waals surface area contributed by atoms with E-state index in [1.165, 1.54) is 12.1 Å². The lowest BCUT2D eigenvalue weighted by molar-refractivity contribution is -0.385. The molecule has 0 aliphatic rings. The third kappa shape index (κ3) is 3.44. The summed E-state index contributed by atoms with van der Waals surface area (Å²) in [6, 6.07) is 11.0. The van der Waals surface area contributed by atoms with Crippen molar-refractivity contribution in [2.75, 3.05) is 17.6 Å². The van der Waals surface area contributed by atoms with Gasteiger partial charge in [-0.05, 0) is 30.2 Å². The number of hydrogen-bond acceptors (Lipinski definition) is 4. The fraction of sp³-hybridized carbons (Fsp3) is 0.143. The lowest BCUT2D eigenvalue weighted by atomic mass is 10.1. The molecule has 2 aromatic carbocycles. The normalized spacial score (nSPS) is 10.2. The van der Waals surface area contributed by atoms with E-state index >= 15 is 0 Å². The van der Waals surface area contributed by atoms with E-state index in [1.54, 1.807) is 0 Å². The summed E-state index contributed by atoms with van der Waals surface area (Å²) in [5.74, 6) is -0.628. The van der Waals surface area contributed by atoms with Crippen LogP contribution in [0.15, 0.2) is 42.5 Å². The number of hydrogen-bond donors (Lipinski definition) is 2. The van der Waals surface area contributed by atoms with Gasteiger partial charge in [0.1, 0.15) is 0 Å². The summed E-state index contributed by atoms with van der Waals surface area (Å²) in [5.41, 5.74) is 7.36. The van der Waals surface area contributed by atoms with E-state index in [0.29, 0.717) is 18.7 Å². The second-order valence-electron chi connectivity index (χ2n) is 4.34. The van der Waals surface area contributed by atoms with E-state index in [-0.39, 0.29) is 11.4 Å². The number of anilines is 2. The standard InChI is InChI=1S/C14H14FN3O2/c15-13-9-12(18(19)20)5-6-14(13)17-8-7-10-1-3-11(16)4-2-10/h1-6,9,17H,7-8,16H2. The number of nitrogens with two attached hydrogens (primary N) is 1. The topological polar surface area (TPSA) is 81.2 Å². The molecule has 0 aliphatic heterocycles. The smallest absolute Gasteiger partial charge is 0.272 e. The first kappa shape index (κ1) is 13.8. The molecule has 0 fully saturated rings. The van der Waals surface area contributed by atoms with E-state index < -0.39 is 10.7 Å². The highest BCUT2D eigenvalue weighted by atomic mass is 19.1. The van der Waals surface area contributed by atoms with Crippen molar-refractivity contribution in [2.24, 2.45) is 0 Å². The number of nitro benzene ring substituents is 1. The van der Waals surface area contributed by atoms with Gasteiger partial charge in [-0.25, -0.2) is 4.39 Å². The van der Waals surface area contributed by atoms with Crippen LogP contribution < -0.4 is 11.1 Å². The first-order valence-electron chi connectivity index (χ1n) is 6.08. The highest BCUT2D eigenvalue weighted by Gasteiger charge is 2.10. The molecule has 0 amide bonds. The van der Waals surface area contributed by atoms with Crippen molar-refractivity contribution in [1.82, 2.24) is 0 Å². The number of nitrogen functional groups attached to an aromatic ring is 1. The SMILES string of the molecule is Nc1ccc(CCNc2ccc([N+](=O)[O-])cc2F)cc1. The lowest BCUT2D eigenvalue weighted by Crippen LogP contribution is -2.06. The Labute approximate surface area is 115 Å². The third-order valence-corrected chi connectivity index (χ3v) is 2.87. The zero-order chi connectivity index (χ0) is 14.5. The molecule has 0 spiro atoms. The van der Waals surface area contributed by atoms with Crippen molar-refractivity contribution in [3.8, 4) is 0 Å². The van der Waals surface area contributed by atoms with Crippen molar-refractivity contribution in [3.05, 3.63) is 64.0 Å². The quantitative estimate of drug-likeness (QED) is 0.499. The molecule has 5 nitrogen and oxygen atoms in total. The van der Waals surface area contributed by atoms with E-state index in [4.69, 9.17) is 5.73 Å². The molecule has 0 radical (unpaired) electrons. The molecule has 6 heteroatoms. The summed E-state index contributed by atoms with van der Waals surface area (Å²) >= 11 is 0. The fourth-order valence-corrected chi connectivity index (χ4v) is 1.79. The van der Waals surface area contributed by atoms with E-state index in [0.717, 1.165) is 11.6 Å². The minimum atomic E-state index is -0.628. The largest absolute Gasteiger partial charge is 0.399 e. The van der Waals surface area contributed by atoms with E-state index in [1.807, 2.05) is 24.3 Å². The molecule has 0 atom stereocenters. The molecule has 20 heavy (non-hydrogen) atoms. The summed E-state index contributed by atoms with van der Waals surface area (Å²) in [7, 11) is 0. The predicted molar refractivity (Wildman–Crippen MR) is 76.1 cm³/mol. The highest BCUT2D eigenvalue weighted by Crippen LogP contribution is 2.20. The van der Waals surface area contributed by atoms with Gasteiger partial charge in [0.25, 0.3) is 5.69 Å². The van der Waals surface area contributed by atoms with Crippen LogP contribution >= 0.6 is 0 Å². The van der Waals surface area contributed by atoms with Crippen LogP contribution in [0.4, 0.5) is 21.5 Å². The molecule has 2 aromatic rings. The average Bonchev–Trinajstić information content (AvgIpc) is 2.42. The van der Waals surface area contributed by atoms with Crippen LogP contribution in [-0.4, -0.2) is 11.5 Å². The fourth-order valence-electron chi connectivity index (χ4n) is 1.79. The van der Waals surface area contributed by atoms with Gasteiger partial charge in [0.2, 0.25) is 0 Å². The van der Waals surface area contributed by atoms with Gasteiger partial charge in [0, 0.05) is 18.3 Å². The molecule has 0 aromatic heterocycles. The number of benzene rings is 2. The summed E-state index contributed by atoms with van der Waals surface area (Å²) in [5, 5.41) is 13.4. The van der Waals surface area contributed by atoms with Crippen LogP contribution in [0.1, 0.15) is 5.56 Å². The van der Waals surface area contributed by atoms with Gasteiger partial charge in [0.05, 0.1) is 16.7 Å². The summed E-state index contributed by atoms with van der Waals surface area (Å²) in [6.45, 7) is 0.526. The molecule has 104 valence electrons. The molecular weight excluding hydrogens is 261 g/mol. The summed E-state index contributed by atoms with van der Waals surface area (Å²) < 4.78 is 13.6.